The molecule has 2 aromatic carbocycles. The molecule has 31 heavy (non-hydrogen) atoms. The first-order valence-corrected chi connectivity index (χ1v) is 10.6. The number of ether oxygens (including phenoxy) is 1. The van der Waals surface area contributed by atoms with E-state index in [4.69, 9.17) is 16.3 Å². The zero-order valence-electron chi connectivity index (χ0n) is 16.1. The lowest BCUT2D eigenvalue weighted by Crippen LogP contribution is -2.25. The number of hydrogen-bond acceptors (Lipinski definition) is 5. The highest BCUT2D eigenvalue weighted by Gasteiger charge is 2.47. The predicted octanol–water partition coefficient (Wildman–Crippen LogP) is 3.79. The van der Waals surface area contributed by atoms with Gasteiger partial charge < -0.3 is 15.4 Å². The largest absolute Gasteiger partial charge is 0.501 e. The Labute approximate surface area is 181 Å². The van der Waals surface area contributed by atoms with Gasteiger partial charge in [-0.1, -0.05) is 11.6 Å². The molecule has 0 aromatic heterocycles. The fourth-order valence-corrected chi connectivity index (χ4v) is 3.37. The quantitative estimate of drug-likeness (QED) is 0.562. The first-order valence-electron chi connectivity index (χ1n) is 8.78. The van der Waals surface area contributed by atoms with Crippen molar-refractivity contribution in [3.8, 4) is 5.75 Å². The van der Waals surface area contributed by atoms with Crippen molar-refractivity contribution < 1.29 is 35.9 Å². The number of rotatable bonds is 8. The van der Waals surface area contributed by atoms with Crippen molar-refractivity contribution >= 4 is 38.9 Å². The van der Waals surface area contributed by atoms with Gasteiger partial charge in [0, 0.05) is 23.6 Å². The van der Waals surface area contributed by atoms with Gasteiger partial charge in [0.05, 0.1) is 17.7 Å². The highest BCUT2D eigenvalue weighted by Crippen LogP contribution is 2.34. The van der Waals surface area contributed by atoms with Crippen molar-refractivity contribution in [1.29, 1.82) is 0 Å². The number of benzene rings is 2. The van der Waals surface area contributed by atoms with Crippen LogP contribution in [0.1, 0.15) is 23.2 Å². The van der Waals surface area contributed by atoms with Crippen molar-refractivity contribution in [1.82, 2.24) is 5.32 Å². The minimum Gasteiger partial charge on any atom is -0.495 e. The zero-order chi connectivity index (χ0) is 23.2. The summed E-state index contributed by atoms with van der Waals surface area (Å²) in [6.45, 7) is 0.161. The Morgan fingerprint density at radius 2 is 1.74 bits per heavy atom. The summed E-state index contributed by atoms with van der Waals surface area (Å²) < 4.78 is 66.4. The number of halogens is 4. The van der Waals surface area contributed by atoms with Gasteiger partial charge in [0.15, 0.2) is 0 Å². The first kappa shape index (κ1) is 24.5. The second-order valence-electron chi connectivity index (χ2n) is 6.23. The van der Waals surface area contributed by atoms with Crippen molar-refractivity contribution in [2.75, 3.05) is 19.0 Å². The number of carbonyl (C=O) groups is 2. The van der Waals surface area contributed by atoms with E-state index in [-0.39, 0.29) is 36.7 Å². The van der Waals surface area contributed by atoms with Crippen LogP contribution < -0.4 is 15.4 Å². The van der Waals surface area contributed by atoms with Crippen LogP contribution in [0.15, 0.2) is 47.4 Å². The molecule has 0 saturated carbocycles. The van der Waals surface area contributed by atoms with E-state index in [9.17, 15) is 31.2 Å². The SMILES string of the molecule is COc1ccc(S(=O)(=O)C(F)(F)F)cc1NC(=O)CCCNC(=O)c1ccc(Cl)cc1. The smallest absolute Gasteiger partial charge is 0.495 e. The minimum atomic E-state index is -5.58. The summed E-state index contributed by atoms with van der Waals surface area (Å²) in [4.78, 5) is 23.1. The lowest BCUT2D eigenvalue weighted by molar-refractivity contribution is -0.116. The number of carbonyl (C=O) groups excluding carboxylic acids is 2. The third kappa shape index (κ3) is 6.34. The Bertz CT molecular complexity index is 1060. The lowest BCUT2D eigenvalue weighted by atomic mass is 10.2. The van der Waals surface area contributed by atoms with Gasteiger partial charge >= 0.3 is 5.51 Å². The second kappa shape index (κ2) is 10.0. The van der Waals surface area contributed by atoms with E-state index in [0.717, 1.165) is 12.1 Å². The number of anilines is 1. The molecule has 2 N–H and O–H groups in total. The first-order chi connectivity index (χ1) is 14.5. The van der Waals surface area contributed by atoms with Crippen LogP contribution in [-0.2, 0) is 14.6 Å². The molecule has 0 radical (unpaired) electrons. The van der Waals surface area contributed by atoms with Gasteiger partial charge in [-0.3, -0.25) is 9.59 Å². The van der Waals surface area contributed by atoms with Crippen molar-refractivity contribution in [3.05, 3.63) is 53.1 Å². The molecule has 0 heterocycles. The third-order valence-corrected chi connectivity index (χ3v) is 5.77. The van der Waals surface area contributed by atoms with Crippen LogP contribution in [0.3, 0.4) is 0 Å². The van der Waals surface area contributed by atoms with Crippen molar-refractivity contribution in [2.24, 2.45) is 0 Å². The molecule has 2 rings (SSSR count). The third-order valence-electron chi connectivity index (χ3n) is 4.03. The van der Waals surface area contributed by atoms with E-state index < -0.39 is 26.1 Å². The van der Waals surface area contributed by atoms with E-state index in [0.29, 0.717) is 16.7 Å². The van der Waals surface area contributed by atoms with Crippen molar-refractivity contribution in [3.63, 3.8) is 0 Å². The highest BCUT2D eigenvalue weighted by molar-refractivity contribution is 7.92. The van der Waals surface area contributed by atoms with E-state index >= 15 is 0 Å². The Morgan fingerprint density at radius 3 is 2.32 bits per heavy atom. The summed E-state index contributed by atoms with van der Waals surface area (Å²) in [5.41, 5.74) is -5.31. The summed E-state index contributed by atoms with van der Waals surface area (Å²) in [6.07, 6.45) is 0.147. The molecule has 0 aliphatic carbocycles. The van der Waals surface area contributed by atoms with Crippen LogP contribution in [0.25, 0.3) is 0 Å². The fraction of sp³-hybridized carbons (Fsp3) is 0.263. The molecule has 168 valence electrons. The zero-order valence-corrected chi connectivity index (χ0v) is 17.7. The molecule has 2 amide bonds. The molecule has 0 atom stereocenters. The van der Waals surface area contributed by atoms with Gasteiger partial charge in [-0.25, -0.2) is 8.42 Å². The Balaban J connectivity index is 1.96. The molecule has 0 fully saturated rings. The van der Waals surface area contributed by atoms with E-state index in [1.165, 1.54) is 7.11 Å². The normalized spacial score (nSPS) is 11.6. The molecule has 0 spiro atoms. The van der Waals surface area contributed by atoms with E-state index in [1.807, 2.05) is 0 Å². The van der Waals surface area contributed by atoms with Gasteiger partial charge in [0.25, 0.3) is 15.7 Å². The standard InChI is InChI=1S/C19H18ClF3N2O5S/c1-30-16-9-8-14(31(28,29)19(21,22)23)11-15(16)25-17(26)3-2-10-24-18(27)12-4-6-13(20)7-5-12/h4-9,11H,2-3,10H2,1H3,(H,24,27)(H,25,26). The second-order valence-corrected chi connectivity index (χ2v) is 8.60. The number of nitrogens with one attached hydrogen (secondary N) is 2. The van der Waals surface area contributed by atoms with Gasteiger partial charge in [-0.15, -0.1) is 0 Å². The van der Waals surface area contributed by atoms with Crippen molar-refractivity contribution in [2.45, 2.75) is 23.2 Å². The van der Waals surface area contributed by atoms with Gasteiger partial charge in [0.2, 0.25) is 5.91 Å². The maximum absolute atomic E-state index is 12.8. The number of alkyl halides is 3. The van der Waals surface area contributed by atoms with Crippen LogP contribution in [0, 0.1) is 0 Å². The summed E-state index contributed by atoms with van der Waals surface area (Å²) in [7, 11) is -4.36. The van der Waals surface area contributed by atoms with Gasteiger partial charge in [0.1, 0.15) is 5.75 Å². The van der Waals surface area contributed by atoms with Crippen LogP contribution in [-0.4, -0.2) is 39.4 Å². The molecule has 0 aliphatic heterocycles. The van der Waals surface area contributed by atoms with E-state index in [2.05, 4.69) is 10.6 Å². The molecule has 0 aliphatic rings. The Kier molecular flexibility index (Phi) is 7.91. The molecule has 7 nitrogen and oxygen atoms in total. The Morgan fingerprint density at radius 1 is 1.10 bits per heavy atom. The summed E-state index contributed by atoms with van der Waals surface area (Å²) in [5, 5.41) is 5.43. The van der Waals surface area contributed by atoms with Gasteiger partial charge in [-0.2, -0.15) is 13.2 Å². The van der Waals surface area contributed by atoms with Crippen LogP contribution >= 0.6 is 11.6 Å². The summed E-state index contributed by atoms with van der Waals surface area (Å²) in [5.74, 6) is -0.963. The maximum atomic E-state index is 12.8. The molecule has 2 aromatic rings. The lowest BCUT2D eigenvalue weighted by Gasteiger charge is -2.13. The fourth-order valence-electron chi connectivity index (χ4n) is 2.45. The molecule has 0 bridgehead atoms. The monoisotopic (exact) mass is 478 g/mol. The number of methoxy groups -OCH3 is 1. The summed E-state index contributed by atoms with van der Waals surface area (Å²) in [6, 6.07) is 8.64. The van der Waals surface area contributed by atoms with E-state index in [1.54, 1.807) is 24.3 Å². The highest BCUT2D eigenvalue weighted by atomic mass is 35.5. The molecule has 0 unspecified atom stereocenters. The van der Waals surface area contributed by atoms with Gasteiger partial charge in [-0.05, 0) is 48.9 Å². The molecule has 12 heteroatoms. The molecular formula is C19H18ClF3N2O5S. The number of amides is 2. The average molecular weight is 479 g/mol. The number of hydrogen-bond donors (Lipinski definition) is 2. The Hall–Kier alpha value is -2.79. The predicted molar refractivity (Wildman–Crippen MR) is 108 cm³/mol. The molecular weight excluding hydrogens is 461 g/mol. The number of sulfone groups is 1. The van der Waals surface area contributed by atoms with Crippen LogP contribution in [0.5, 0.6) is 5.75 Å². The minimum absolute atomic E-state index is 0.00878. The average Bonchev–Trinajstić information content (AvgIpc) is 2.70. The maximum Gasteiger partial charge on any atom is 0.501 e. The van der Waals surface area contributed by atoms with Crippen LogP contribution in [0.4, 0.5) is 18.9 Å². The molecule has 0 saturated heterocycles. The van der Waals surface area contributed by atoms with Crippen LogP contribution in [0.2, 0.25) is 5.02 Å². The summed E-state index contributed by atoms with van der Waals surface area (Å²) >= 11 is 5.75. The topological polar surface area (TPSA) is 102 Å².